The van der Waals surface area contributed by atoms with Gasteiger partial charge in [-0.2, -0.15) is 0 Å². The second-order valence-corrected chi connectivity index (χ2v) is 5.57. The highest BCUT2D eigenvalue weighted by atomic mass is 79.9. The van der Waals surface area contributed by atoms with Crippen LogP contribution in [0, 0.1) is 5.82 Å². The van der Waals surface area contributed by atoms with Crippen molar-refractivity contribution in [2.45, 2.75) is 13.3 Å². The van der Waals surface area contributed by atoms with Gasteiger partial charge < -0.3 is 4.90 Å². The van der Waals surface area contributed by atoms with Gasteiger partial charge in [-0.25, -0.2) is 4.39 Å². The molecule has 0 saturated heterocycles. The Morgan fingerprint density at radius 1 is 1.19 bits per heavy atom. The fourth-order valence-corrected chi connectivity index (χ4v) is 2.71. The van der Waals surface area contributed by atoms with Crippen LogP contribution in [-0.4, -0.2) is 18.9 Å². The first-order valence-electron chi connectivity index (χ1n) is 6.90. The fourth-order valence-electron chi connectivity index (χ4n) is 2.20. The maximum atomic E-state index is 13.3. The second-order valence-electron chi connectivity index (χ2n) is 4.71. The smallest absolute Gasteiger partial charge is 0.165 e. The van der Waals surface area contributed by atoms with Gasteiger partial charge in [-0.1, -0.05) is 40.2 Å². The molecular formula is C17H17BrFNO. The number of hydrogen-bond acceptors (Lipinski definition) is 2. The van der Waals surface area contributed by atoms with Crippen molar-refractivity contribution in [1.29, 1.82) is 0 Å². The summed E-state index contributed by atoms with van der Waals surface area (Å²) in [5, 5.41) is 0. The molecule has 0 radical (unpaired) electrons. The molecule has 2 aromatic carbocycles. The Kier molecular flexibility index (Phi) is 5.51. The van der Waals surface area contributed by atoms with Crippen LogP contribution in [0.4, 0.5) is 10.1 Å². The van der Waals surface area contributed by atoms with Crippen molar-refractivity contribution >= 4 is 27.4 Å². The summed E-state index contributed by atoms with van der Waals surface area (Å²) in [4.78, 5) is 14.3. The molecule has 0 bridgehead atoms. The lowest BCUT2D eigenvalue weighted by Gasteiger charge is -2.22. The third kappa shape index (κ3) is 4.14. The molecule has 110 valence electrons. The van der Waals surface area contributed by atoms with Crippen molar-refractivity contribution in [3.8, 4) is 0 Å². The van der Waals surface area contributed by atoms with E-state index in [1.807, 2.05) is 42.2 Å². The van der Waals surface area contributed by atoms with Crippen LogP contribution in [-0.2, 0) is 0 Å². The fraction of sp³-hybridized carbons (Fsp3) is 0.235. The number of ketones is 1. The predicted octanol–water partition coefficient (Wildman–Crippen LogP) is 4.69. The molecule has 2 nitrogen and oxygen atoms in total. The van der Waals surface area contributed by atoms with Crippen LogP contribution in [0.2, 0.25) is 0 Å². The van der Waals surface area contributed by atoms with E-state index in [1.165, 1.54) is 12.1 Å². The minimum Gasteiger partial charge on any atom is -0.371 e. The SMILES string of the molecule is CCN(CCC(=O)c1ccccc1Br)c1cccc(F)c1. The maximum Gasteiger partial charge on any atom is 0.165 e. The second kappa shape index (κ2) is 7.36. The Morgan fingerprint density at radius 3 is 2.62 bits per heavy atom. The summed E-state index contributed by atoms with van der Waals surface area (Å²) in [7, 11) is 0. The molecule has 4 heteroatoms. The average Bonchev–Trinajstić information content (AvgIpc) is 2.48. The summed E-state index contributed by atoms with van der Waals surface area (Å²) in [6.45, 7) is 3.29. The van der Waals surface area contributed by atoms with Crippen molar-refractivity contribution < 1.29 is 9.18 Å². The molecule has 0 aliphatic carbocycles. The van der Waals surface area contributed by atoms with E-state index in [-0.39, 0.29) is 11.6 Å². The zero-order chi connectivity index (χ0) is 15.2. The highest BCUT2D eigenvalue weighted by Crippen LogP contribution is 2.19. The number of Topliss-reactive ketones (excluding diaryl/α,β-unsaturated/α-hetero) is 1. The van der Waals surface area contributed by atoms with Crippen LogP contribution in [0.5, 0.6) is 0 Å². The largest absolute Gasteiger partial charge is 0.371 e. The zero-order valence-electron chi connectivity index (χ0n) is 11.9. The topological polar surface area (TPSA) is 20.3 Å². The van der Waals surface area contributed by atoms with Crippen LogP contribution in [0.25, 0.3) is 0 Å². The van der Waals surface area contributed by atoms with Gasteiger partial charge in [0, 0.05) is 35.2 Å². The molecule has 0 amide bonds. The van der Waals surface area contributed by atoms with Gasteiger partial charge in [0.15, 0.2) is 5.78 Å². The van der Waals surface area contributed by atoms with E-state index in [4.69, 9.17) is 0 Å². The number of benzene rings is 2. The summed E-state index contributed by atoms with van der Waals surface area (Å²) in [6.07, 6.45) is 0.396. The third-order valence-corrected chi connectivity index (χ3v) is 4.03. The number of hydrogen-bond donors (Lipinski definition) is 0. The Balaban J connectivity index is 2.04. The van der Waals surface area contributed by atoms with Crippen LogP contribution in [0.15, 0.2) is 53.0 Å². The van der Waals surface area contributed by atoms with Crippen LogP contribution >= 0.6 is 15.9 Å². The van der Waals surface area contributed by atoms with Crippen molar-refractivity contribution in [2.24, 2.45) is 0 Å². The molecule has 0 saturated carbocycles. The van der Waals surface area contributed by atoms with Gasteiger partial charge in [0.1, 0.15) is 5.82 Å². The first kappa shape index (κ1) is 15.7. The number of carbonyl (C=O) groups excluding carboxylic acids is 1. The molecule has 0 atom stereocenters. The third-order valence-electron chi connectivity index (χ3n) is 3.34. The lowest BCUT2D eigenvalue weighted by Crippen LogP contribution is -2.26. The summed E-state index contributed by atoms with van der Waals surface area (Å²) in [5.74, 6) is -0.180. The molecular weight excluding hydrogens is 333 g/mol. The summed E-state index contributed by atoms with van der Waals surface area (Å²) in [6, 6.07) is 13.9. The molecule has 0 heterocycles. The summed E-state index contributed by atoms with van der Waals surface area (Å²) in [5.41, 5.74) is 1.49. The van der Waals surface area contributed by atoms with Crippen molar-refractivity contribution in [3.63, 3.8) is 0 Å². The number of halogens is 2. The van der Waals surface area contributed by atoms with Crippen LogP contribution < -0.4 is 4.90 Å². The number of rotatable bonds is 6. The van der Waals surface area contributed by atoms with E-state index >= 15 is 0 Å². The summed E-state index contributed by atoms with van der Waals surface area (Å²) < 4.78 is 14.1. The van der Waals surface area contributed by atoms with Crippen molar-refractivity contribution in [1.82, 2.24) is 0 Å². The Labute approximate surface area is 132 Å². The molecule has 0 unspecified atom stereocenters. The standard InChI is InChI=1S/C17H17BrFNO/c1-2-20(14-7-5-6-13(19)12-14)11-10-17(21)15-8-3-4-9-16(15)18/h3-9,12H,2,10-11H2,1H3. The van der Waals surface area contributed by atoms with Gasteiger partial charge in [0.05, 0.1) is 0 Å². The molecule has 0 aliphatic rings. The van der Waals surface area contributed by atoms with Crippen LogP contribution in [0.1, 0.15) is 23.7 Å². The number of anilines is 1. The van der Waals surface area contributed by atoms with E-state index in [2.05, 4.69) is 15.9 Å². The average molecular weight is 350 g/mol. The van der Waals surface area contributed by atoms with Gasteiger partial charge in [0.2, 0.25) is 0 Å². The molecule has 0 spiro atoms. The van der Waals surface area contributed by atoms with Crippen molar-refractivity contribution in [2.75, 3.05) is 18.0 Å². The van der Waals surface area contributed by atoms with E-state index in [1.54, 1.807) is 6.07 Å². The van der Waals surface area contributed by atoms with Gasteiger partial charge in [-0.15, -0.1) is 0 Å². The minimum absolute atomic E-state index is 0.0809. The van der Waals surface area contributed by atoms with Gasteiger partial charge in [-0.05, 0) is 31.2 Å². The van der Waals surface area contributed by atoms with Crippen LogP contribution in [0.3, 0.4) is 0 Å². The lowest BCUT2D eigenvalue weighted by atomic mass is 10.1. The highest BCUT2D eigenvalue weighted by Gasteiger charge is 2.12. The highest BCUT2D eigenvalue weighted by molar-refractivity contribution is 9.10. The molecule has 0 N–H and O–H groups in total. The monoisotopic (exact) mass is 349 g/mol. The maximum absolute atomic E-state index is 13.3. The Hall–Kier alpha value is -1.68. The molecule has 2 aromatic rings. The molecule has 0 aliphatic heterocycles. The number of nitrogens with zero attached hydrogens (tertiary/aromatic N) is 1. The Morgan fingerprint density at radius 2 is 1.95 bits per heavy atom. The normalized spacial score (nSPS) is 10.4. The van der Waals surface area contributed by atoms with E-state index in [0.29, 0.717) is 18.5 Å². The quantitative estimate of drug-likeness (QED) is 0.705. The van der Waals surface area contributed by atoms with Gasteiger partial charge >= 0.3 is 0 Å². The van der Waals surface area contributed by atoms with E-state index < -0.39 is 0 Å². The van der Waals surface area contributed by atoms with Gasteiger partial charge in [-0.3, -0.25) is 4.79 Å². The van der Waals surface area contributed by atoms with Gasteiger partial charge in [0.25, 0.3) is 0 Å². The summed E-state index contributed by atoms with van der Waals surface area (Å²) >= 11 is 3.39. The lowest BCUT2D eigenvalue weighted by molar-refractivity contribution is 0.0984. The molecule has 2 rings (SSSR count). The van der Waals surface area contributed by atoms with E-state index in [9.17, 15) is 9.18 Å². The predicted molar refractivity (Wildman–Crippen MR) is 87.4 cm³/mol. The molecule has 0 aromatic heterocycles. The Bertz CT molecular complexity index is 630. The number of carbonyl (C=O) groups is 1. The van der Waals surface area contributed by atoms with E-state index in [0.717, 1.165) is 16.7 Å². The van der Waals surface area contributed by atoms with Crippen molar-refractivity contribution in [3.05, 3.63) is 64.4 Å². The first-order valence-corrected chi connectivity index (χ1v) is 7.69. The minimum atomic E-state index is -0.261. The zero-order valence-corrected chi connectivity index (χ0v) is 13.4. The first-order chi connectivity index (χ1) is 10.1. The molecule has 21 heavy (non-hydrogen) atoms. The molecule has 0 fully saturated rings.